The van der Waals surface area contributed by atoms with Crippen molar-refractivity contribution in [2.24, 2.45) is 0 Å². The van der Waals surface area contributed by atoms with E-state index >= 15 is 0 Å². The van der Waals surface area contributed by atoms with Gasteiger partial charge in [-0.25, -0.2) is 4.39 Å². The zero-order chi connectivity index (χ0) is 13.0. The van der Waals surface area contributed by atoms with E-state index in [1.54, 1.807) is 17.0 Å². The lowest BCUT2D eigenvalue weighted by Gasteiger charge is -2.33. The first-order chi connectivity index (χ1) is 8.70. The molecule has 1 saturated heterocycles. The second-order valence-electron chi connectivity index (χ2n) is 5.00. The summed E-state index contributed by atoms with van der Waals surface area (Å²) < 4.78 is 13.7. The topological polar surface area (TPSA) is 7.68 Å². The zero-order valence-electron chi connectivity index (χ0n) is 11.2. The molecule has 1 fully saturated rings. The standard InChI is InChI=1S/C15H21FN2/c1-3-13(2)12-17-8-10-18(11-9-17)15-7-5-4-6-14(15)16/h3-7H,8-12H2,1-2H3/p+1/b13-3+. The Hall–Kier alpha value is -1.35. The first kappa shape index (κ1) is 13.1. The van der Waals surface area contributed by atoms with Gasteiger partial charge in [-0.15, -0.1) is 0 Å². The van der Waals surface area contributed by atoms with Crippen molar-refractivity contribution in [3.63, 3.8) is 0 Å². The van der Waals surface area contributed by atoms with Crippen molar-refractivity contribution in [2.45, 2.75) is 13.8 Å². The molecule has 98 valence electrons. The molecule has 0 aromatic heterocycles. The average molecular weight is 249 g/mol. The van der Waals surface area contributed by atoms with Gasteiger partial charge >= 0.3 is 0 Å². The zero-order valence-corrected chi connectivity index (χ0v) is 11.2. The van der Waals surface area contributed by atoms with E-state index in [1.807, 2.05) is 12.1 Å². The van der Waals surface area contributed by atoms with Crippen molar-refractivity contribution >= 4 is 5.69 Å². The van der Waals surface area contributed by atoms with Crippen molar-refractivity contribution in [1.82, 2.24) is 0 Å². The number of piperazine rings is 1. The minimum atomic E-state index is -0.106. The minimum absolute atomic E-state index is 0.106. The van der Waals surface area contributed by atoms with E-state index in [1.165, 1.54) is 5.57 Å². The third kappa shape index (κ3) is 3.10. The fraction of sp³-hybridized carbons (Fsp3) is 0.467. The number of halogens is 1. The van der Waals surface area contributed by atoms with E-state index in [2.05, 4.69) is 24.8 Å². The molecule has 0 unspecified atom stereocenters. The number of allylic oxidation sites excluding steroid dienone is 1. The summed E-state index contributed by atoms with van der Waals surface area (Å²) in [5.41, 5.74) is 2.18. The summed E-state index contributed by atoms with van der Waals surface area (Å²) in [7, 11) is 0. The molecule has 3 heteroatoms. The Morgan fingerprint density at radius 1 is 1.33 bits per heavy atom. The van der Waals surface area contributed by atoms with E-state index in [4.69, 9.17) is 0 Å². The molecule has 1 N–H and O–H groups in total. The Kier molecular flexibility index (Phi) is 4.37. The molecule has 0 spiro atoms. The summed E-state index contributed by atoms with van der Waals surface area (Å²) in [6.45, 7) is 9.42. The van der Waals surface area contributed by atoms with Crippen LogP contribution in [0.3, 0.4) is 0 Å². The van der Waals surface area contributed by atoms with Crippen LogP contribution in [0.15, 0.2) is 35.9 Å². The number of nitrogens with zero attached hydrogens (tertiary/aromatic N) is 1. The SMILES string of the molecule is C/C=C(\C)C[NH+]1CCN(c2ccccc2F)CC1. The van der Waals surface area contributed by atoms with Gasteiger partial charge in [0.1, 0.15) is 5.82 Å². The van der Waals surface area contributed by atoms with E-state index in [0.29, 0.717) is 0 Å². The quantitative estimate of drug-likeness (QED) is 0.798. The van der Waals surface area contributed by atoms with Crippen LogP contribution in [0.5, 0.6) is 0 Å². The monoisotopic (exact) mass is 249 g/mol. The van der Waals surface area contributed by atoms with Gasteiger partial charge in [0.25, 0.3) is 0 Å². The molecule has 1 aliphatic rings. The maximum Gasteiger partial charge on any atom is 0.146 e. The van der Waals surface area contributed by atoms with Crippen molar-refractivity contribution < 1.29 is 9.29 Å². The van der Waals surface area contributed by atoms with E-state index in [-0.39, 0.29) is 5.82 Å². The summed E-state index contributed by atoms with van der Waals surface area (Å²) in [6.07, 6.45) is 2.18. The Morgan fingerprint density at radius 2 is 2.00 bits per heavy atom. The molecule has 0 saturated carbocycles. The van der Waals surface area contributed by atoms with Gasteiger partial charge < -0.3 is 9.80 Å². The van der Waals surface area contributed by atoms with Crippen molar-refractivity contribution in [1.29, 1.82) is 0 Å². The molecule has 18 heavy (non-hydrogen) atoms. The van der Waals surface area contributed by atoms with E-state index in [0.717, 1.165) is 38.4 Å². The first-order valence-electron chi connectivity index (χ1n) is 6.65. The maximum atomic E-state index is 13.7. The normalized spacial score (nSPS) is 18.2. The smallest absolute Gasteiger partial charge is 0.146 e. The number of rotatable bonds is 3. The number of para-hydroxylation sites is 1. The van der Waals surface area contributed by atoms with Gasteiger partial charge in [-0.05, 0) is 31.6 Å². The van der Waals surface area contributed by atoms with Gasteiger partial charge in [-0.2, -0.15) is 0 Å². The predicted octanol–water partition coefficient (Wildman–Crippen LogP) is 1.50. The Bertz CT molecular complexity index is 420. The molecule has 0 amide bonds. The largest absolute Gasteiger partial charge is 0.358 e. The highest BCUT2D eigenvalue weighted by molar-refractivity contribution is 5.47. The molecule has 0 aliphatic carbocycles. The van der Waals surface area contributed by atoms with Gasteiger partial charge in [0.2, 0.25) is 0 Å². The molecule has 0 bridgehead atoms. The number of hydrogen-bond donors (Lipinski definition) is 1. The highest BCUT2D eigenvalue weighted by atomic mass is 19.1. The Morgan fingerprint density at radius 3 is 2.61 bits per heavy atom. The molecule has 1 aromatic rings. The van der Waals surface area contributed by atoms with Crippen LogP contribution in [0.4, 0.5) is 10.1 Å². The van der Waals surface area contributed by atoms with Gasteiger partial charge in [0.15, 0.2) is 0 Å². The van der Waals surface area contributed by atoms with Crippen LogP contribution in [-0.4, -0.2) is 32.7 Å². The number of benzene rings is 1. The van der Waals surface area contributed by atoms with Crippen LogP contribution in [0.1, 0.15) is 13.8 Å². The van der Waals surface area contributed by atoms with Crippen molar-refractivity contribution in [2.75, 3.05) is 37.6 Å². The van der Waals surface area contributed by atoms with Crippen LogP contribution in [0.2, 0.25) is 0 Å². The Labute approximate surface area is 109 Å². The summed E-state index contributed by atoms with van der Waals surface area (Å²) in [5.74, 6) is -0.106. The lowest BCUT2D eigenvalue weighted by molar-refractivity contribution is -0.895. The molecule has 1 aliphatic heterocycles. The van der Waals surface area contributed by atoms with Gasteiger partial charge in [0.05, 0.1) is 38.4 Å². The van der Waals surface area contributed by atoms with Crippen LogP contribution < -0.4 is 9.80 Å². The molecule has 1 heterocycles. The van der Waals surface area contributed by atoms with Crippen LogP contribution in [0.25, 0.3) is 0 Å². The lowest BCUT2D eigenvalue weighted by Crippen LogP contribution is -3.15. The third-order valence-electron chi connectivity index (χ3n) is 3.69. The van der Waals surface area contributed by atoms with Gasteiger partial charge in [-0.1, -0.05) is 18.2 Å². The highest BCUT2D eigenvalue weighted by Crippen LogP contribution is 2.18. The van der Waals surface area contributed by atoms with E-state index < -0.39 is 0 Å². The minimum Gasteiger partial charge on any atom is -0.358 e. The third-order valence-corrected chi connectivity index (χ3v) is 3.69. The molecule has 2 rings (SSSR count). The molecular weight excluding hydrogens is 227 g/mol. The lowest BCUT2D eigenvalue weighted by atomic mass is 10.2. The average Bonchev–Trinajstić information content (AvgIpc) is 2.40. The number of nitrogens with one attached hydrogen (secondary N) is 1. The number of hydrogen-bond acceptors (Lipinski definition) is 1. The van der Waals surface area contributed by atoms with E-state index in [9.17, 15) is 4.39 Å². The fourth-order valence-electron chi connectivity index (χ4n) is 2.45. The van der Waals surface area contributed by atoms with Gasteiger partial charge in [0, 0.05) is 0 Å². The molecule has 2 nitrogen and oxygen atoms in total. The van der Waals surface area contributed by atoms with Crippen molar-refractivity contribution in [3.8, 4) is 0 Å². The number of anilines is 1. The summed E-state index contributed by atoms with van der Waals surface area (Å²) >= 11 is 0. The second-order valence-corrected chi connectivity index (χ2v) is 5.00. The van der Waals surface area contributed by atoms with Crippen LogP contribution in [-0.2, 0) is 0 Å². The van der Waals surface area contributed by atoms with Crippen LogP contribution in [0, 0.1) is 5.82 Å². The molecule has 0 atom stereocenters. The summed E-state index contributed by atoms with van der Waals surface area (Å²) in [5, 5.41) is 0. The number of quaternary nitrogens is 1. The van der Waals surface area contributed by atoms with Crippen molar-refractivity contribution in [3.05, 3.63) is 41.7 Å². The summed E-state index contributed by atoms with van der Waals surface area (Å²) in [6, 6.07) is 7.06. The molecular formula is C15H22FN2+. The second kappa shape index (κ2) is 6.01. The van der Waals surface area contributed by atoms with Crippen LogP contribution >= 0.6 is 0 Å². The first-order valence-corrected chi connectivity index (χ1v) is 6.65. The highest BCUT2D eigenvalue weighted by Gasteiger charge is 2.21. The maximum absolute atomic E-state index is 13.7. The van der Waals surface area contributed by atoms with Gasteiger partial charge in [-0.3, -0.25) is 0 Å². The fourth-order valence-corrected chi connectivity index (χ4v) is 2.45. The predicted molar refractivity (Wildman–Crippen MR) is 73.6 cm³/mol. The summed E-state index contributed by atoms with van der Waals surface area (Å²) in [4.78, 5) is 3.75. The molecule has 1 aromatic carbocycles. The molecule has 0 radical (unpaired) electrons. The Balaban J connectivity index is 1.93.